The smallest absolute Gasteiger partial charge is 0.262 e. The SMILES string of the molecule is C=S1(=O)NC(=O)c2ccc3c(c2)N(C[C@@H]2CC[C@H]2[C@@H](O)/C=C/[C@H](OC)C[C@@H]1C)C[C@@]1(CCCc2cc(Cl)ccc21)CO3. The number of methoxy groups -OCH3 is 1. The van der Waals surface area contributed by atoms with Gasteiger partial charge in [-0.25, -0.2) is 4.21 Å². The Labute approximate surface area is 254 Å². The molecule has 0 aromatic heterocycles. The van der Waals surface area contributed by atoms with Crippen LogP contribution in [0.4, 0.5) is 5.69 Å². The molecule has 226 valence electrons. The summed E-state index contributed by atoms with van der Waals surface area (Å²) in [6.07, 6.45) is 8.12. The lowest BCUT2D eigenvalue weighted by atomic mass is 9.68. The van der Waals surface area contributed by atoms with E-state index in [-0.39, 0.29) is 23.4 Å². The number of ether oxygens (including phenoxy) is 2. The topological polar surface area (TPSA) is 88.1 Å². The van der Waals surface area contributed by atoms with E-state index in [0.29, 0.717) is 18.6 Å². The van der Waals surface area contributed by atoms with Gasteiger partial charge in [0, 0.05) is 41.5 Å². The number of carbonyl (C=O) groups is 1. The number of amides is 1. The molecule has 1 saturated carbocycles. The van der Waals surface area contributed by atoms with Crippen LogP contribution in [0.5, 0.6) is 5.75 Å². The van der Waals surface area contributed by atoms with Crippen molar-refractivity contribution in [3.05, 3.63) is 70.3 Å². The number of rotatable bonds is 1. The molecule has 1 fully saturated rings. The summed E-state index contributed by atoms with van der Waals surface area (Å²) < 4.78 is 28.5. The average Bonchev–Trinajstić information content (AvgIpc) is 3.09. The van der Waals surface area contributed by atoms with Gasteiger partial charge in [0.05, 0.1) is 34.2 Å². The van der Waals surface area contributed by atoms with Gasteiger partial charge in [0.25, 0.3) is 5.91 Å². The molecule has 7 nitrogen and oxygen atoms in total. The molecule has 2 N–H and O–H groups in total. The van der Waals surface area contributed by atoms with Gasteiger partial charge in [0.15, 0.2) is 0 Å². The Balaban J connectivity index is 1.42. The average molecular weight is 613 g/mol. The predicted molar refractivity (Wildman–Crippen MR) is 169 cm³/mol. The molecular formula is C33H41ClN2O5S. The Kier molecular flexibility index (Phi) is 8.11. The zero-order valence-electron chi connectivity index (χ0n) is 24.4. The van der Waals surface area contributed by atoms with Crippen molar-refractivity contribution in [2.75, 3.05) is 31.7 Å². The van der Waals surface area contributed by atoms with Crippen LogP contribution in [-0.4, -0.2) is 65.4 Å². The van der Waals surface area contributed by atoms with Crippen LogP contribution in [0.2, 0.25) is 5.02 Å². The van der Waals surface area contributed by atoms with Crippen LogP contribution in [0, 0.1) is 11.8 Å². The number of halogens is 1. The lowest BCUT2D eigenvalue weighted by molar-refractivity contribution is 0.0444. The van der Waals surface area contributed by atoms with Gasteiger partial charge in [0.1, 0.15) is 5.75 Å². The maximum Gasteiger partial charge on any atom is 0.262 e. The van der Waals surface area contributed by atoms with Gasteiger partial charge in [-0.3, -0.25) is 9.52 Å². The number of anilines is 1. The van der Waals surface area contributed by atoms with Crippen LogP contribution in [-0.2, 0) is 26.3 Å². The molecule has 2 bridgehead atoms. The maximum atomic E-state index is 13.6. The predicted octanol–water partition coefficient (Wildman–Crippen LogP) is 4.92. The maximum absolute atomic E-state index is 13.6. The molecule has 4 aliphatic rings. The molecule has 7 atom stereocenters. The number of hydrogen-bond acceptors (Lipinski definition) is 6. The Morgan fingerprint density at radius 2 is 2.05 bits per heavy atom. The number of carbonyl (C=O) groups excluding carboxylic acids is 1. The molecule has 2 heterocycles. The van der Waals surface area contributed by atoms with Gasteiger partial charge in [0.2, 0.25) is 0 Å². The molecule has 2 aliphatic carbocycles. The summed E-state index contributed by atoms with van der Waals surface area (Å²) in [5.74, 6) is 4.61. The highest BCUT2D eigenvalue weighted by molar-refractivity contribution is 7.99. The monoisotopic (exact) mass is 612 g/mol. The molecule has 2 aromatic rings. The van der Waals surface area contributed by atoms with Crippen LogP contribution >= 0.6 is 11.6 Å². The van der Waals surface area contributed by atoms with E-state index in [9.17, 15) is 14.1 Å². The van der Waals surface area contributed by atoms with E-state index in [1.54, 1.807) is 20.1 Å². The van der Waals surface area contributed by atoms with Crippen LogP contribution in [0.3, 0.4) is 0 Å². The van der Waals surface area contributed by atoms with Crippen molar-refractivity contribution in [2.24, 2.45) is 11.8 Å². The molecule has 42 heavy (non-hydrogen) atoms. The van der Waals surface area contributed by atoms with Crippen molar-refractivity contribution in [2.45, 2.75) is 68.3 Å². The fraction of sp³-hybridized carbons (Fsp3) is 0.515. The van der Waals surface area contributed by atoms with E-state index in [1.165, 1.54) is 11.1 Å². The molecule has 2 aromatic carbocycles. The number of aryl methyl sites for hydroxylation is 1. The summed E-state index contributed by atoms with van der Waals surface area (Å²) in [6.45, 7) is 3.79. The van der Waals surface area contributed by atoms with Crippen molar-refractivity contribution >= 4 is 38.8 Å². The minimum Gasteiger partial charge on any atom is -0.490 e. The number of nitrogens with zero attached hydrogens (tertiary/aromatic N) is 1. The number of hydrogen-bond donors (Lipinski definition) is 2. The molecular weight excluding hydrogens is 572 g/mol. The number of aliphatic hydroxyl groups is 1. The van der Waals surface area contributed by atoms with Gasteiger partial charge in [-0.2, -0.15) is 0 Å². The fourth-order valence-electron chi connectivity index (χ4n) is 7.24. The second-order valence-electron chi connectivity index (χ2n) is 12.6. The van der Waals surface area contributed by atoms with Crippen molar-refractivity contribution in [1.29, 1.82) is 0 Å². The first-order valence-electron chi connectivity index (χ1n) is 15.0. The van der Waals surface area contributed by atoms with Gasteiger partial charge < -0.3 is 19.5 Å². The molecule has 1 unspecified atom stereocenters. The third kappa shape index (κ3) is 5.59. The summed E-state index contributed by atoms with van der Waals surface area (Å²) in [7, 11) is -1.39. The van der Waals surface area contributed by atoms with E-state index in [1.807, 2.05) is 30.4 Å². The lowest BCUT2D eigenvalue weighted by Gasteiger charge is -2.45. The molecule has 1 amide bonds. The molecule has 9 heteroatoms. The standard InChI is InChI=1S/C33H41ClN2O5S/c1-21-15-26(40-2)9-12-30(37)27-10-6-24(27)18-36-19-33(14-4-5-22-16-25(34)8-11-28(22)33)20-41-31-13-7-23(17-29(31)36)32(38)35-42(21,3)39/h7-9,11-13,16-17,21,24,26-27,30,37H,3-6,10,14-15,18-20H2,1-2H3,(H,35,38,39)/b12-9+/t21-,24-,26-,27+,30-,33-,42?/m0/s1. The van der Waals surface area contributed by atoms with Crippen molar-refractivity contribution in [1.82, 2.24) is 4.72 Å². The van der Waals surface area contributed by atoms with Crippen LogP contribution in [0.15, 0.2) is 48.6 Å². The second-order valence-corrected chi connectivity index (χ2v) is 15.5. The van der Waals surface area contributed by atoms with E-state index in [4.69, 9.17) is 21.1 Å². The lowest BCUT2D eigenvalue weighted by Crippen LogP contribution is -2.49. The van der Waals surface area contributed by atoms with Crippen molar-refractivity contribution in [3.8, 4) is 5.75 Å². The summed E-state index contributed by atoms with van der Waals surface area (Å²) in [6, 6.07) is 11.7. The van der Waals surface area contributed by atoms with Gasteiger partial charge >= 0.3 is 0 Å². The van der Waals surface area contributed by atoms with Crippen LogP contribution in [0.1, 0.15) is 60.5 Å². The summed E-state index contributed by atoms with van der Waals surface area (Å²) >= 11 is 6.40. The highest BCUT2D eigenvalue weighted by Gasteiger charge is 2.44. The number of benzene rings is 2. The Hall–Kier alpha value is -2.52. The Morgan fingerprint density at radius 1 is 1.21 bits per heavy atom. The summed E-state index contributed by atoms with van der Waals surface area (Å²) in [5, 5.41) is 11.5. The van der Waals surface area contributed by atoms with E-state index < -0.39 is 27.0 Å². The normalized spacial score (nSPS) is 35.6. The van der Waals surface area contributed by atoms with E-state index in [2.05, 4.69) is 27.6 Å². The molecule has 2 aliphatic heterocycles. The third-order valence-corrected chi connectivity index (χ3v) is 12.2. The molecule has 0 radical (unpaired) electrons. The number of aliphatic hydroxyl groups excluding tert-OH is 1. The Bertz CT molecular complexity index is 1490. The zero-order chi connectivity index (χ0) is 29.6. The highest BCUT2D eigenvalue weighted by atomic mass is 35.5. The van der Waals surface area contributed by atoms with Crippen LogP contribution in [0.25, 0.3) is 0 Å². The number of fused-ring (bicyclic) bond motifs is 4. The van der Waals surface area contributed by atoms with Gasteiger partial charge in [-0.05, 0) is 105 Å². The van der Waals surface area contributed by atoms with Gasteiger partial charge in [-0.1, -0.05) is 29.8 Å². The van der Waals surface area contributed by atoms with Crippen molar-refractivity contribution in [3.63, 3.8) is 0 Å². The first kappa shape index (κ1) is 29.5. The first-order chi connectivity index (χ1) is 20.1. The second kappa shape index (κ2) is 11.5. The van der Waals surface area contributed by atoms with Gasteiger partial charge in [-0.15, -0.1) is 0 Å². The molecule has 6 rings (SSSR count). The molecule has 0 saturated heterocycles. The quantitative estimate of drug-likeness (QED) is 0.351. The first-order valence-corrected chi connectivity index (χ1v) is 17.1. The van der Waals surface area contributed by atoms with Crippen LogP contribution < -0.4 is 14.4 Å². The minimum atomic E-state index is -2.98. The van der Waals surface area contributed by atoms with E-state index >= 15 is 0 Å². The summed E-state index contributed by atoms with van der Waals surface area (Å²) in [5.41, 5.74) is 3.58. The third-order valence-electron chi connectivity index (χ3n) is 9.97. The highest BCUT2D eigenvalue weighted by Crippen LogP contribution is 2.46. The zero-order valence-corrected chi connectivity index (χ0v) is 26.0. The minimum absolute atomic E-state index is 0.119. The fourth-order valence-corrected chi connectivity index (χ4v) is 8.57. The Morgan fingerprint density at radius 3 is 2.81 bits per heavy atom. The molecule has 1 spiro atoms. The van der Waals surface area contributed by atoms with E-state index in [0.717, 1.165) is 61.7 Å². The number of nitrogens with one attached hydrogen (secondary N) is 1. The van der Waals surface area contributed by atoms with Crippen molar-refractivity contribution < 1.29 is 23.6 Å². The summed E-state index contributed by atoms with van der Waals surface area (Å²) in [4.78, 5) is 15.8. The largest absolute Gasteiger partial charge is 0.490 e.